The summed E-state index contributed by atoms with van der Waals surface area (Å²) in [5.74, 6) is -1.15. The van der Waals surface area contributed by atoms with E-state index in [0.717, 1.165) is 0 Å². The Balaban J connectivity index is 1.95. The summed E-state index contributed by atoms with van der Waals surface area (Å²) in [6, 6.07) is 14.4. The van der Waals surface area contributed by atoms with Gasteiger partial charge in [-0.1, -0.05) is 17.7 Å². The third kappa shape index (κ3) is 3.55. The number of amides is 1. The van der Waals surface area contributed by atoms with Crippen LogP contribution in [-0.4, -0.2) is 28.9 Å². The van der Waals surface area contributed by atoms with Crippen molar-refractivity contribution >= 4 is 34.7 Å². The van der Waals surface area contributed by atoms with E-state index in [0.29, 0.717) is 33.1 Å². The van der Waals surface area contributed by atoms with Crippen LogP contribution in [0.4, 0.5) is 5.69 Å². The highest BCUT2D eigenvalue weighted by Crippen LogP contribution is 2.43. The van der Waals surface area contributed by atoms with E-state index in [2.05, 4.69) is 4.98 Å². The molecule has 0 spiro atoms. The monoisotopic (exact) mass is 434 g/mol. The minimum absolute atomic E-state index is 0.000687. The molecule has 1 amide bonds. The molecule has 0 aliphatic carbocycles. The van der Waals surface area contributed by atoms with Crippen LogP contribution in [0, 0.1) is 6.92 Å². The Kier molecular flexibility index (Phi) is 5.48. The zero-order valence-electron chi connectivity index (χ0n) is 16.9. The van der Waals surface area contributed by atoms with Crippen LogP contribution >= 0.6 is 11.6 Å². The highest BCUT2D eigenvalue weighted by molar-refractivity contribution is 6.52. The van der Waals surface area contributed by atoms with Gasteiger partial charge in [-0.3, -0.25) is 19.5 Å². The third-order valence-electron chi connectivity index (χ3n) is 5.33. The fraction of sp³-hybridized carbons (Fsp3) is 0.125. The standard InChI is InChI=1S/C24H19ClN2O4/c1-14-18(25)4-3-5-19(14)27-21(15-10-12-26-13-11-15)20(23(29)24(27)30)22(28)16-6-8-17(31-2)9-7-16/h3-13,21,28H,1-2H3/b22-20+. The Labute approximate surface area is 184 Å². The van der Waals surface area contributed by atoms with Gasteiger partial charge in [-0.2, -0.15) is 0 Å². The molecule has 7 heteroatoms. The Morgan fingerprint density at radius 1 is 1.06 bits per heavy atom. The van der Waals surface area contributed by atoms with E-state index in [1.165, 1.54) is 12.0 Å². The first-order valence-electron chi connectivity index (χ1n) is 9.54. The second-order valence-electron chi connectivity index (χ2n) is 7.06. The number of ketones is 1. The van der Waals surface area contributed by atoms with E-state index in [9.17, 15) is 14.7 Å². The van der Waals surface area contributed by atoms with Crippen molar-refractivity contribution in [2.75, 3.05) is 12.0 Å². The molecule has 4 rings (SSSR count). The average molecular weight is 435 g/mol. The predicted octanol–water partition coefficient (Wildman–Crippen LogP) is 4.68. The second kappa shape index (κ2) is 8.24. The van der Waals surface area contributed by atoms with Crippen molar-refractivity contribution in [1.82, 2.24) is 4.98 Å². The summed E-state index contributed by atoms with van der Waals surface area (Å²) >= 11 is 6.29. The lowest BCUT2D eigenvalue weighted by Crippen LogP contribution is -2.30. The maximum Gasteiger partial charge on any atom is 0.300 e. The molecule has 1 aliphatic heterocycles. The lowest BCUT2D eigenvalue weighted by Gasteiger charge is -2.27. The van der Waals surface area contributed by atoms with Gasteiger partial charge in [0.1, 0.15) is 11.5 Å². The van der Waals surface area contributed by atoms with Crippen molar-refractivity contribution in [1.29, 1.82) is 0 Å². The van der Waals surface area contributed by atoms with Crippen molar-refractivity contribution in [2.24, 2.45) is 0 Å². The quantitative estimate of drug-likeness (QED) is 0.366. The molecule has 1 fully saturated rings. The number of nitrogens with zero attached hydrogens (tertiary/aromatic N) is 2. The van der Waals surface area contributed by atoms with Gasteiger partial charge in [-0.05, 0) is 66.6 Å². The highest BCUT2D eigenvalue weighted by atomic mass is 35.5. The summed E-state index contributed by atoms with van der Waals surface area (Å²) in [7, 11) is 1.54. The van der Waals surface area contributed by atoms with Crippen LogP contribution in [0.15, 0.2) is 72.6 Å². The number of carbonyl (C=O) groups is 2. The lowest BCUT2D eigenvalue weighted by atomic mass is 9.95. The Bertz CT molecular complexity index is 1190. The number of hydrogen-bond donors (Lipinski definition) is 1. The molecule has 1 aliphatic rings. The van der Waals surface area contributed by atoms with Gasteiger partial charge in [0.05, 0.1) is 18.7 Å². The van der Waals surface area contributed by atoms with E-state index < -0.39 is 17.7 Å². The van der Waals surface area contributed by atoms with E-state index in [-0.39, 0.29) is 11.3 Å². The number of pyridine rings is 1. The number of aliphatic hydroxyl groups excluding tert-OH is 1. The molecule has 156 valence electrons. The van der Waals surface area contributed by atoms with Gasteiger partial charge >= 0.3 is 0 Å². The molecule has 3 aromatic rings. The third-order valence-corrected chi connectivity index (χ3v) is 5.74. The molecule has 6 nitrogen and oxygen atoms in total. The van der Waals surface area contributed by atoms with E-state index in [1.54, 1.807) is 73.9 Å². The number of rotatable bonds is 4. The number of anilines is 1. The lowest BCUT2D eigenvalue weighted by molar-refractivity contribution is -0.132. The molecular formula is C24H19ClN2O4. The Morgan fingerprint density at radius 3 is 2.39 bits per heavy atom. The summed E-state index contributed by atoms with van der Waals surface area (Å²) in [5.41, 5.74) is 2.21. The summed E-state index contributed by atoms with van der Waals surface area (Å²) < 4.78 is 5.16. The summed E-state index contributed by atoms with van der Waals surface area (Å²) in [5, 5.41) is 11.6. The molecule has 1 aromatic heterocycles. The molecular weight excluding hydrogens is 416 g/mol. The topological polar surface area (TPSA) is 79.7 Å². The van der Waals surface area contributed by atoms with Crippen LogP contribution < -0.4 is 9.64 Å². The number of carbonyl (C=O) groups excluding carboxylic acids is 2. The van der Waals surface area contributed by atoms with Crippen LogP contribution in [0.25, 0.3) is 5.76 Å². The van der Waals surface area contributed by atoms with Crippen molar-refractivity contribution in [2.45, 2.75) is 13.0 Å². The van der Waals surface area contributed by atoms with E-state index in [1.807, 2.05) is 0 Å². The van der Waals surface area contributed by atoms with Crippen LogP contribution in [0.1, 0.15) is 22.7 Å². The molecule has 1 saturated heterocycles. The van der Waals surface area contributed by atoms with Gasteiger partial charge in [-0.15, -0.1) is 0 Å². The number of aliphatic hydroxyl groups is 1. The van der Waals surface area contributed by atoms with Crippen LogP contribution in [-0.2, 0) is 9.59 Å². The van der Waals surface area contributed by atoms with Crippen molar-refractivity contribution in [3.05, 3.63) is 94.3 Å². The SMILES string of the molecule is COc1ccc(/C(O)=C2\C(=O)C(=O)N(c3cccc(Cl)c3C)C2c2ccncc2)cc1. The van der Waals surface area contributed by atoms with E-state index in [4.69, 9.17) is 16.3 Å². The first-order valence-corrected chi connectivity index (χ1v) is 9.92. The first-order chi connectivity index (χ1) is 14.9. The molecule has 31 heavy (non-hydrogen) atoms. The number of ether oxygens (including phenoxy) is 1. The highest BCUT2D eigenvalue weighted by Gasteiger charge is 2.47. The van der Waals surface area contributed by atoms with Crippen molar-refractivity contribution in [3.8, 4) is 5.75 Å². The number of benzene rings is 2. The average Bonchev–Trinajstić information content (AvgIpc) is 3.06. The molecule has 1 N–H and O–H groups in total. The van der Waals surface area contributed by atoms with Gasteiger partial charge in [0.15, 0.2) is 0 Å². The molecule has 0 radical (unpaired) electrons. The number of hydrogen-bond acceptors (Lipinski definition) is 5. The predicted molar refractivity (Wildman–Crippen MR) is 118 cm³/mol. The van der Waals surface area contributed by atoms with Crippen LogP contribution in [0.5, 0.6) is 5.75 Å². The zero-order chi connectivity index (χ0) is 22.1. The minimum Gasteiger partial charge on any atom is -0.507 e. The van der Waals surface area contributed by atoms with Crippen LogP contribution in [0.2, 0.25) is 5.02 Å². The number of halogens is 1. The molecule has 0 bridgehead atoms. The Hall–Kier alpha value is -3.64. The summed E-state index contributed by atoms with van der Waals surface area (Å²) in [4.78, 5) is 31.7. The fourth-order valence-corrected chi connectivity index (χ4v) is 3.87. The number of aromatic nitrogens is 1. The Morgan fingerprint density at radius 2 is 1.74 bits per heavy atom. The summed E-state index contributed by atoms with van der Waals surface area (Å²) in [6.07, 6.45) is 3.15. The first kappa shape index (κ1) is 20.6. The smallest absolute Gasteiger partial charge is 0.300 e. The number of methoxy groups -OCH3 is 1. The van der Waals surface area contributed by atoms with Gasteiger partial charge in [0, 0.05) is 28.7 Å². The largest absolute Gasteiger partial charge is 0.507 e. The fourth-order valence-electron chi connectivity index (χ4n) is 3.70. The molecule has 2 aromatic carbocycles. The molecule has 1 unspecified atom stereocenters. The number of Topliss-reactive ketones (excluding diaryl/α,β-unsaturated/α-hetero) is 1. The van der Waals surface area contributed by atoms with E-state index >= 15 is 0 Å². The van der Waals surface area contributed by atoms with Crippen molar-refractivity contribution in [3.63, 3.8) is 0 Å². The van der Waals surface area contributed by atoms with Gasteiger partial charge < -0.3 is 9.84 Å². The zero-order valence-corrected chi connectivity index (χ0v) is 17.6. The molecule has 1 atom stereocenters. The summed E-state index contributed by atoms with van der Waals surface area (Å²) in [6.45, 7) is 1.78. The van der Waals surface area contributed by atoms with Crippen LogP contribution in [0.3, 0.4) is 0 Å². The minimum atomic E-state index is -0.831. The van der Waals surface area contributed by atoms with Gasteiger partial charge in [-0.25, -0.2) is 0 Å². The van der Waals surface area contributed by atoms with Gasteiger partial charge in [0.2, 0.25) is 0 Å². The normalized spacial score (nSPS) is 17.8. The molecule has 0 saturated carbocycles. The van der Waals surface area contributed by atoms with Gasteiger partial charge in [0.25, 0.3) is 11.7 Å². The van der Waals surface area contributed by atoms with Crippen molar-refractivity contribution < 1.29 is 19.4 Å². The maximum absolute atomic E-state index is 13.2. The molecule has 2 heterocycles. The maximum atomic E-state index is 13.2. The second-order valence-corrected chi connectivity index (χ2v) is 7.47.